The first kappa shape index (κ1) is 7.78. The van der Waals surface area contributed by atoms with E-state index in [1.165, 1.54) is 4.68 Å². The van der Waals surface area contributed by atoms with Crippen molar-refractivity contribution in [1.29, 1.82) is 0 Å². The van der Waals surface area contributed by atoms with Crippen LogP contribution in [-0.2, 0) is 13.5 Å². The Hall–Kier alpha value is -1.32. The van der Waals surface area contributed by atoms with E-state index in [-0.39, 0.29) is 11.1 Å². The van der Waals surface area contributed by atoms with Crippen LogP contribution in [0.1, 0.15) is 23.0 Å². The minimum absolute atomic E-state index is 0.245. The minimum atomic E-state index is -0.253. The largest absolute Gasteiger partial charge is 0.299 e. The van der Waals surface area contributed by atoms with E-state index in [4.69, 9.17) is 0 Å². The summed E-state index contributed by atoms with van der Waals surface area (Å²) >= 11 is 0. The number of nitrogens with zero attached hydrogens (tertiary/aromatic N) is 1. The standard InChI is InChI=1S/C7H10N2O2/c1-3-6-5(4-10)7(11)9(2)8-6/h4,8H,3H2,1-2H3. The topological polar surface area (TPSA) is 54.9 Å². The number of carbonyl (C=O) groups is 1. The molecule has 1 rings (SSSR count). The molecule has 0 spiro atoms. The quantitative estimate of drug-likeness (QED) is 0.614. The van der Waals surface area contributed by atoms with E-state index in [2.05, 4.69) is 5.10 Å². The molecule has 1 heterocycles. The Morgan fingerprint density at radius 3 is 2.64 bits per heavy atom. The van der Waals surface area contributed by atoms with Crippen LogP contribution in [0, 0.1) is 0 Å². The normalized spacial score (nSPS) is 10.0. The molecule has 0 aliphatic heterocycles. The van der Waals surface area contributed by atoms with E-state index in [0.717, 1.165) is 0 Å². The highest BCUT2D eigenvalue weighted by Gasteiger charge is 2.08. The van der Waals surface area contributed by atoms with Gasteiger partial charge >= 0.3 is 0 Å². The van der Waals surface area contributed by atoms with Gasteiger partial charge in [0.05, 0.1) is 0 Å². The molecule has 4 heteroatoms. The van der Waals surface area contributed by atoms with Gasteiger partial charge in [0.15, 0.2) is 6.29 Å². The highest BCUT2D eigenvalue weighted by atomic mass is 16.1. The van der Waals surface area contributed by atoms with Crippen molar-refractivity contribution in [3.05, 3.63) is 21.6 Å². The lowest BCUT2D eigenvalue weighted by Crippen LogP contribution is -2.14. The average Bonchev–Trinajstić information content (AvgIpc) is 2.28. The maximum atomic E-state index is 11.1. The number of hydrogen-bond donors (Lipinski definition) is 1. The molecule has 1 aromatic rings. The molecule has 0 saturated carbocycles. The highest BCUT2D eigenvalue weighted by Crippen LogP contribution is 1.96. The van der Waals surface area contributed by atoms with Gasteiger partial charge in [-0.05, 0) is 6.42 Å². The fraction of sp³-hybridized carbons (Fsp3) is 0.429. The lowest BCUT2D eigenvalue weighted by molar-refractivity contribution is 0.112. The summed E-state index contributed by atoms with van der Waals surface area (Å²) in [6, 6.07) is 0. The van der Waals surface area contributed by atoms with E-state index in [0.29, 0.717) is 18.4 Å². The number of H-pyrrole nitrogens is 1. The number of aromatic amines is 1. The number of carbonyl (C=O) groups excluding carboxylic acids is 1. The molecule has 0 saturated heterocycles. The third-order valence-corrected chi connectivity index (χ3v) is 1.63. The van der Waals surface area contributed by atoms with Gasteiger partial charge in [0.1, 0.15) is 5.56 Å². The Morgan fingerprint density at radius 1 is 1.64 bits per heavy atom. The fourth-order valence-corrected chi connectivity index (χ4v) is 1.01. The summed E-state index contributed by atoms with van der Waals surface area (Å²) in [5, 5.41) is 2.79. The maximum absolute atomic E-state index is 11.1. The summed E-state index contributed by atoms with van der Waals surface area (Å²) < 4.78 is 1.31. The smallest absolute Gasteiger partial charge is 0.277 e. The van der Waals surface area contributed by atoms with Gasteiger partial charge < -0.3 is 0 Å². The van der Waals surface area contributed by atoms with Crippen LogP contribution >= 0.6 is 0 Å². The Bertz CT molecular complexity index is 322. The first-order valence-electron chi connectivity index (χ1n) is 3.43. The summed E-state index contributed by atoms with van der Waals surface area (Å²) in [6.45, 7) is 1.89. The molecule has 1 N–H and O–H groups in total. The Balaban J connectivity index is 3.38. The van der Waals surface area contributed by atoms with Gasteiger partial charge in [-0.3, -0.25) is 19.4 Å². The van der Waals surface area contributed by atoms with Gasteiger partial charge in [-0.2, -0.15) is 0 Å². The first-order chi connectivity index (χ1) is 5.20. The van der Waals surface area contributed by atoms with E-state index in [1.807, 2.05) is 6.92 Å². The molecule has 0 aliphatic carbocycles. The number of aromatic nitrogens is 2. The molecule has 60 valence electrons. The molecule has 0 unspecified atom stereocenters. The summed E-state index contributed by atoms with van der Waals surface area (Å²) in [5.74, 6) is 0. The Morgan fingerprint density at radius 2 is 2.27 bits per heavy atom. The van der Waals surface area contributed by atoms with Crippen LogP contribution in [0.25, 0.3) is 0 Å². The van der Waals surface area contributed by atoms with E-state index < -0.39 is 0 Å². The third-order valence-electron chi connectivity index (χ3n) is 1.63. The van der Waals surface area contributed by atoms with Gasteiger partial charge in [-0.1, -0.05) is 6.92 Å². The molecule has 0 aromatic carbocycles. The zero-order chi connectivity index (χ0) is 8.43. The molecule has 4 nitrogen and oxygen atoms in total. The first-order valence-corrected chi connectivity index (χ1v) is 3.43. The van der Waals surface area contributed by atoms with Crippen LogP contribution < -0.4 is 5.56 Å². The van der Waals surface area contributed by atoms with Crippen molar-refractivity contribution in [2.24, 2.45) is 7.05 Å². The molecular formula is C7H10N2O2. The van der Waals surface area contributed by atoms with Gasteiger partial charge in [0.25, 0.3) is 5.56 Å². The second kappa shape index (κ2) is 2.74. The number of aldehydes is 1. The van der Waals surface area contributed by atoms with Crippen LogP contribution in [0.2, 0.25) is 0 Å². The van der Waals surface area contributed by atoms with E-state index in [1.54, 1.807) is 7.05 Å². The van der Waals surface area contributed by atoms with Crippen LogP contribution in [-0.4, -0.2) is 16.1 Å². The molecule has 0 aliphatic rings. The van der Waals surface area contributed by atoms with Gasteiger partial charge in [-0.15, -0.1) is 0 Å². The van der Waals surface area contributed by atoms with Crippen molar-refractivity contribution in [3.63, 3.8) is 0 Å². The van der Waals surface area contributed by atoms with Crippen molar-refractivity contribution in [2.45, 2.75) is 13.3 Å². The summed E-state index contributed by atoms with van der Waals surface area (Å²) in [5.41, 5.74) is 0.694. The fourth-order valence-electron chi connectivity index (χ4n) is 1.01. The van der Waals surface area contributed by atoms with Crippen molar-refractivity contribution >= 4 is 6.29 Å². The van der Waals surface area contributed by atoms with Crippen LogP contribution in [0.4, 0.5) is 0 Å². The number of aryl methyl sites for hydroxylation is 2. The SMILES string of the molecule is CCc1[nH]n(C)c(=O)c1C=O. The molecule has 1 aromatic heterocycles. The number of nitrogens with one attached hydrogen (secondary N) is 1. The zero-order valence-corrected chi connectivity index (χ0v) is 6.55. The zero-order valence-electron chi connectivity index (χ0n) is 6.55. The summed E-state index contributed by atoms with van der Waals surface area (Å²) in [4.78, 5) is 21.5. The predicted molar refractivity (Wildman–Crippen MR) is 40.8 cm³/mol. The van der Waals surface area contributed by atoms with Gasteiger partial charge in [0.2, 0.25) is 0 Å². The van der Waals surface area contributed by atoms with Crippen LogP contribution in [0.5, 0.6) is 0 Å². The minimum Gasteiger partial charge on any atom is -0.299 e. The van der Waals surface area contributed by atoms with Crippen LogP contribution in [0.3, 0.4) is 0 Å². The van der Waals surface area contributed by atoms with Gasteiger partial charge in [-0.25, -0.2) is 0 Å². The van der Waals surface area contributed by atoms with Gasteiger partial charge in [0, 0.05) is 12.7 Å². The Labute approximate surface area is 63.8 Å². The Kier molecular flexibility index (Phi) is 1.94. The van der Waals surface area contributed by atoms with Crippen molar-refractivity contribution in [3.8, 4) is 0 Å². The average molecular weight is 154 g/mol. The van der Waals surface area contributed by atoms with Crippen molar-refractivity contribution in [1.82, 2.24) is 9.78 Å². The molecular weight excluding hydrogens is 144 g/mol. The monoisotopic (exact) mass is 154 g/mol. The summed E-state index contributed by atoms with van der Waals surface area (Å²) in [6.07, 6.45) is 1.27. The number of rotatable bonds is 2. The lowest BCUT2D eigenvalue weighted by Gasteiger charge is -1.88. The summed E-state index contributed by atoms with van der Waals surface area (Å²) in [7, 11) is 1.59. The second-order valence-corrected chi connectivity index (χ2v) is 2.34. The third kappa shape index (κ3) is 1.11. The number of hydrogen-bond acceptors (Lipinski definition) is 2. The molecule has 0 atom stereocenters. The van der Waals surface area contributed by atoms with E-state index >= 15 is 0 Å². The molecule has 0 radical (unpaired) electrons. The highest BCUT2D eigenvalue weighted by molar-refractivity contribution is 5.75. The van der Waals surface area contributed by atoms with Crippen LogP contribution in [0.15, 0.2) is 4.79 Å². The lowest BCUT2D eigenvalue weighted by atomic mass is 10.2. The molecule has 0 bridgehead atoms. The second-order valence-electron chi connectivity index (χ2n) is 2.34. The molecule has 0 amide bonds. The van der Waals surface area contributed by atoms with Crippen molar-refractivity contribution < 1.29 is 4.79 Å². The van der Waals surface area contributed by atoms with E-state index in [9.17, 15) is 9.59 Å². The maximum Gasteiger partial charge on any atom is 0.277 e. The van der Waals surface area contributed by atoms with Crippen molar-refractivity contribution in [2.75, 3.05) is 0 Å². The molecule has 0 fully saturated rings. The molecule has 11 heavy (non-hydrogen) atoms. The predicted octanol–water partition coefficient (Wildman–Crippen LogP) is 0.0883.